The van der Waals surface area contributed by atoms with E-state index in [-0.39, 0.29) is 24.4 Å². The quantitative estimate of drug-likeness (QED) is 0.738. The number of nitrogens with one attached hydrogen (secondary N) is 1. The molecule has 0 atom stereocenters. The van der Waals surface area contributed by atoms with E-state index in [1.807, 2.05) is 6.92 Å². The molecule has 0 radical (unpaired) electrons. The molecular weight excluding hydrogens is 332 g/mol. The predicted octanol–water partition coefficient (Wildman–Crippen LogP) is 1.45. The number of hydrogen-bond acceptors (Lipinski definition) is 6. The van der Waals surface area contributed by atoms with E-state index in [0.717, 1.165) is 25.7 Å². The van der Waals surface area contributed by atoms with E-state index in [9.17, 15) is 4.79 Å². The molecule has 4 rings (SSSR count). The Morgan fingerprint density at radius 2 is 2.12 bits per heavy atom. The van der Waals surface area contributed by atoms with E-state index in [1.54, 1.807) is 12.3 Å². The van der Waals surface area contributed by atoms with E-state index in [1.165, 1.54) is 4.52 Å². The fourth-order valence-corrected chi connectivity index (χ4v) is 3.22. The topological polar surface area (TPSA) is 115 Å². The third-order valence-corrected chi connectivity index (χ3v) is 4.58. The third-order valence-electron chi connectivity index (χ3n) is 4.58. The number of hydrogen-bond donors (Lipinski definition) is 2. The van der Waals surface area contributed by atoms with Gasteiger partial charge in [-0.05, 0) is 19.8 Å². The minimum absolute atomic E-state index is 0. The van der Waals surface area contributed by atoms with Gasteiger partial charge in [-0.15, -0.1) is 12.4 Å². The fraction of sp³-hybridized carbons (Fsp3) is 0.467. The molecule has 3 aromatic heterocycles. The number of H-pyrrole nitrogens is 1. The lowest BCUT2D eigenvalue weighted by Gasteiger charge is -2.17. The molecule has 0 bridgehead atoms. The summed E-state index contributed by atoms with van der Waals surface area (Å²) in [4.78, 5) is 21.3. The van der Waals surface area contributed by atoms with Crippen LogP contribution >= 0.6 is 12.4 Å². The Hall–Kier alpha value is -2.19. The second-order valence-electron chi connectivity index (χ2n) is 6.19. The van der Waals surface area contributed by atoms with Crippen molar-refractivity contribution >= 4 is 18.1 Å². The van der Waals surface area contributed by atoms with E-state index in [4.69, 9.17) is 10.3 Å². The molecule has 0 saturated heterocycles. The van der Waals surface area contributed by atoms with Crippen molar-refractivity contribution < 1.29 is 4.52 Å². The second kappa shape index (κ2) is 6.03. The van der Waals surface area contributed by atoms with Gasteiger partial charge in [0.25, 0.3) is 5.56 Å². The summed E-state index contributed by atoms with van der Waals surface area (Å²) in [6.45, 7) is 1.81. The maximum atomic E-state index is 12.5. The number of rotatable bonds is 3. The van der Waals surface area contributed by atoms with Crippen LogP contribution in [0.2, 0.25) is 0 Å². The van der Waals surface area contributed by atoms with E-state index >= 15 is 0 Å². The van der Waals surface area contributed by atoms with Crippen molar-refractivity contribution in [3.63, 3.8) is 0 Å². The van der Waals surface area contributed by atoms with Crippen LogP contribution in [0.1, 0.15) is 48.7 Å². The summed E-state index contributed by atoms with van der Waals surface area (Å²) in [6.07, 6.45) is 5.81. The molecule has 0 aliphatic heterocycles. The van der Waals surface area contributed by atoms with Crippen molar-refractivity contribution in [1.29, 1.82) is 0 Å². The van der Waals surface area contributed by atoms with Gasteiger partial charge in [0.2, 0.25) is 5.89 Å². The molecule has 1 aliphatic rings. The number of aromatic amines is 1. The molecule has 128 valence electrons. The molecule has 1 saturated carbocycles. The monoisotopic (exact) mass is 350 g/mol. The van der Waals surface area contributed by atoms with Crippen LogP contribution in [-0.2, 0) is 12.0 Å². The maximum absolute atomic E-state index is 12.5. The summed E-state index contributed by atoms with van der Waals surface area (Å²) in [5.41, 5.74) is 7.49. The molecule has 0 amide bonds. The van der Waals surface area contributed by atoms with E-state index in [0.29, 0.717) is 28.6 Å². The maximum Gasteiger partial charge on any atom is 0.276 e. The minimum atomic E-state index is -0.493. The first-order valence-corrected chi connectivity index (χ1v) is 7.74. The zero-order valence-electron chi connectivity index (χ0n) is 13.3. The van der Waals surface area contributed by atoms with E-state index in [2.05, 4.69) is 20.2 Å². The molecule has 24 heavy (non-hydrogen) atoms. The number of nitrogens with two attached hydrogens (primary N) is 1. The first kappa shape index (κ1) is 16.7. The highest BCUT2D eigenvalue weighted by atomic mass is 35.5. The molecule has 3 heterocycles. The lowest BCUT2D eigenvalue weighted by Crippen LogP contribution is -2.34. The number of fused-ring (bicyclic) bond motifs is 1. The number of aryl methyl sites for hydroxylation is 1. The number of nitrogens with zero attached hydrogens (tertiary/aromatic N) is 4. The van der Waals surface area contributed by atoms with Crippen LogP contribution in [0.15, 0.2) is 21.6 Å². The van der Waals surface area contributed by atoms with Crippen LogP contribution in [0.25, 0.3) is 5.65 Å². The van der Waals surface area contributed by atoms with Gasteiger partial charge in [-0.3, -0.25) is 9.89 Å². The predicted molar refractivity (Wildman–Crippen MR) is 89.2 cm³/mol. The fourth-order valence-electron chi connectivity index (χ4n) is 3.22. The van der Waals surface area contributed by atoms with Gasteiger partial charge < -0.3 is 10.3 Å². The van der Waals surface area contributed by atoms with Crippen molar-refractivity contribution in [2.75, 3.05) is 0 Å². The van der Waals surface area contributed by atoms with Gasteiger partial charge in [0.05, 0.1) is 12.0 Å². The Bertz CT molecular complexity index is 922. The normalized spacial score (nSPS) is 16.4. The first-order chi connectivity index (χ1) is 11.1. The van der Waals surface area contributed by atoms with Gasteiger partial charge in [-0.2, -0.15) is 4.98 Å². The zero-order chi connectivity index (χ0) is 16.0. The van der Waals surface area contributed by atoms with Gasteiger partial charge in [-0.1, -0.05) is 18.0 Å². The van der Waals surface area contributed by atoms with Crippen molar-refractivity contribution in [2.45, 2.75) is 44.6 Å². The van der Waals surface area contributed by atoms with Crippen LogP contribution in [0.4, 0.5) is 0 Å². The molecule has 1 aliphatic carbocycles. The Kier molecular flexibility index (Phi) is 4.18. The van der Waals surface area contributed by atoms with Crippen LogP contribution in [-0.4, -0.2) is 24.7 Å². The average molecular weight is 351 g/mol. The molecule has 0 unspecified atom stereocenters. The summed E-state index contributed by atoms with van der Waals surface area (Å²) in [5.74, 6) is 0.932. The Morgan fingerprint density at radius 1 is 1.38 bits per heavy atom. The SMILES string of the molecule is Cc1nc2cc[nH]n2c(=O)c1Cc1nc(C2(N)CCCC2)no1.Cl. The Labute approximate surface area is 143 Å². The molecule has 1 fully saturated rings. The summed E-state index contributed by atoms with van der Waals surface area (Å²) < 4.78 is 6.73. The molecule has 0 spiro atoms. The van der Waals surface area contributed by atoms with Crippen molar-refractivity contribution in [1.82, 2.24) is 24.7 Å². The first-order valence-electron chi connectivity index (χ1n) is 7.74. The summed E-state index contributed by atoms with van der Waals surface area (Å²) in [7, 11) is 0. The van der Waals surface area contributed by atoms with Crippen molar-refractivity contribution in [3.05, 3.63) is 45.6 Å². The number of halogens is 1. The minimum Gasteiger partial charge on any atom is -0.339 e. The smallest absolute Gasteiger partial charge is 0.276 e. The molecular formula is C15H19ClN6O2. The van der Waals surface area contributed by atoms with Crippen LogP contribution in [0.5, 0.6) is 0 Å². The van der Waals surface area contributed by atoms with Gasteiger partial charge in [-0.25, -0.2) is 9.50 Å². The van der Waals surface area contributed by atoms with Crippen LogP contribution < -0.4 is 11.3 Å². The van der Waals surface area contributed by atoms with Gasteiger partial charge >= 0.3 is 0 Å². The highest BCUT2D eigenvalue weighted by molar-refractivity contribution is 5.85. The summed E-state index contributed by atoms with van der Waals surface area (Å²) in [6, 6.07) is 1.75. The van der Waals surface area contributed by atoms with E-state index < -0.39 is 5.54 Å². The second-order valence-corrected chi connectivity index (χ2v) is 6.19. The molecule has 3 N–H and O–H groups in total. The molecule has 3 aromatic rings. The summed E-state index contributed by atoms with van der Waals surface area (Å²) >= 11 is 0. The zero-order valence-corrected chi connectivity index (χ0v) is 14.1. The van der Waals surface area contributed by atoms with Crippen LogP contribution in [0.3, 0.4) is 0 Å². The largest absolute Gasteiger partial charge is 0.339 e. The van der Waals surface area contributed by atoms with Gasteiger partial charge in [0.1, 0.15) is 0 Å². The highest BCUT2D eigenvalue weighted by Crippen LogP contribution is 2.34. The van der Waals surface area contributed by atoms with Crippen molar-refractivity contribution in [3.8, 4) is 0 Å². The van der Waals surface area contributed by atoms with Gasteiger partial charge in [0.15, 0.2) is 11.5 Å². The number of aromatic nitrogens is 5. The average Bonchev–Trinajstić information content (AvgIpc) is 3.23. The molecule has 9 heteroatoms. The molecule has 0 aromatic carbocycles. The van der Waals surface area contributed by atoms with Gasteiger partial charge in [0, 0.05) is 23.5 Å². The lowest BCUT2D eigenvalue weighted by molar-refractivity contribution is 0.352. The van der Waals surface area contributed by atoms with Crippen LogP contribution in [0, 0.1) is 6.92 Å². The standard InChI is InChI=1S/C15H18N6O2.ClH/c1-9-10(13(22)21-11(18-9)4-7-17-21)8-12-19-14(20-23-12)15(16)5-2-3-6-15;/h4,7,17H,2-3,5-6,8,16H2,1H3;1H. The lowest BCUT2D eigenvalue weighted by atomic mass is 9.99. The highest BCUT2D eigenvalue weighted by Gasteiger charge is 2.36. The Morgan fingerprint density at radius 3 is 2.88 bits per heavy atom. The summed E-state index contributed by atoms with van der Waals surface area (Å²) in [5, 5.41) is 6.88. The molecule has 8 nitrogen and oxygen atoms in total. The van der Waals surface area contributed by atoms with Crippen molar-refractivity contribution in [2.24, 2.45) is 5.73 Å². The third kappa shape index (κ3) is 2.61. The Balaban J connectivity index is 0.00000169.